The van der Waals surface area contributed by atoms with Crippen LogP contribution in [0.3, 0.4) is 0 Å². The minimum absolute atomic E-state index is 0.0142. The van der Waals surface area contributed by atoms with E-state index in [9.17, 15) is 18.0 Å². The predicted molar refractivity (Wildman–Crippen MR) is 160 cm³/mol. The number of piperidine rings is 1. The monoisotopic (exact) mass is 647 g/mol. The van der Waals surface area contributed by atoms with E-state index in [0.29, 0.717) is 48.1 Å². The van der Waals surface area contributed by atoms with E-state index in [-0.39, 0.29) is 16.7 Å². The van der Waals surface area contributed by atoms with Crippen LogP contribution in [0.2, 0.25) is 5.02 Å². The molecule has 2 N–H and O–H groups in total. The molecule has 40 heavy (non-hydrogen) atoms. The van der Waals surface area contributed by atoms with E-state index in [0.717, 1.165) is 42.0 Å². The summed E-state index contributed by atoms with van der Waals surface area (Å²) in [5, 5.41) is 6.25. The number of rotatable bonds is 10. The van der Waals surface area contributed by atoms with Crippen LogP contribution in [0.15, 0.2) is 64.4 Å². The van der Waals surface area contributed by atoms with Gasteiger partial charge in [-0.3, -0.25) is 14.6 Å². The lowest BCUT2D eigenvalue weighted by atomic mass is 9.93. The Hall–Kier alpha value is -3.02. The largest absolute Gasteiger partial charge is 0.356 e. The minimum atomic E-state index is -3.53. The molecule has 0 aliphatic carbocycles. The van der Waals surface area contributed by atoms with Crippen LogP contribution in [-0.2, 0) is 21.1 Å². The lowest BCUT2D eigenvalue weighted by Gasteiger charge is -2.33. The third-order valence-electron chi connectivity index (χ3n) is 6.72. The molecule has 3 aromatic rings. The second kappa shape index (κ2) is 13.6. The number of sulfone groups is 1. The Morgan fingerprint density at radius 1 is 1.12 bits per heavy atom. The maximum Gasteiger partial charge on any atom is 0.255 e. The summed E-state index contributed by atoms with van der Waals surface area (Å²) in [7, 11) is -3.53. The quantitative estimate of drug-likeness (QED) is 0.300. The number of nitrogens with one attached hydrogen (secondary N) is 2. The van der Waals surface area contributed by atoms with E-state index in [2.05, 4.69) is 36.5 Å². The molecule has 4 rings (SSSR count). The van der Waals surface area contributed by atoms with Crippen molar-refractivity contribution < 1.29 is 18.0 Å². The van der Waals surface area contributed by atoms with Gasteiger partial charge in [-0.15, -0.1) is 0 Å². The first-order valence-corrected chi connectivity index (χ1v) is 16.0. The highest BCUT2D eigenvalue weighted by atomic mass is 79.9. The maximum absolute atomic E-state index is 12.9. The molecule has 1 aliphatic heterocycles. The fourth-order valence-corrected chi connectivity index (χ4v) is 5.78. The SMILES string of the molecule is CS(=O)(=O)c1cnc(N2CCC(CC(=O)NCCCc3cncc(Br)c3)CC2)c(NC(=O)c2cccc(Cl)c2)c1. The van der Waals surface area contributed by atoms with Gasteiger partial charge in [0.25, 0.3) is 5.91 Å². The van der Waals surface area contributed by atoms with Crippen LogP contribution < -0.4 is 15.5 Å². The van der Waals surface area contributed by atoms with Crippen LogP contribution >= 0.6 is 27.5 Å². The van der Waals surface area contributed by atoms with E-state index in [1.807, 2.05) is 17.2 Å². The third kappa shape index (κ3) is 8.49. The van der Waals surface area contributed by atoms with Gasteiger partial charge in [0, 0.05) is 66.0 Å². The van der Waals surface area contributed by atoms with Crippen molar-refractivity contribution in [1.29, 1.82) is 0 Å². The minimum Gasteiger partial charge on any atom is -0.356 e. The molecule has 1 aliphatic rings. The summed E-state index contributed by atoms with van der Waals surface area (Å²) < 4.78 is 25.3. The molecule has 9 nitrogen and oxygen atoms in total. The summed E-state index contributed by atoms with van der Waals surface area (Å²) in [5.74, 6) is 0.341. The molecule has 212 valence electrons. The average Bonchev–Trinajstić information content (AvgIpc) is 2.91. The molecule has 1 aromatic carbocycles. The summed E-state index contributed by atoms with van der Waals surface area (Å²) in [6, 6.07) is 9.97. The molecule has 1 fully saturated rings. The molecule has 0 radical (unpaired) electrons. The first-order chi connectivity index (χ1) is 19.1. The number of nitrogens with zero attached hydrogens (tertiary/aromatic N) is 3. The zero-order valence-corrected chi connectivity index (χ0v) is 25.2. The number of pyridine rings is 2. The number of halogens is 2. The molecular formula is C28H31BrClN5O4S. The van der Waals surface area contributed by atoms with Crippen LogP contribution in [-0.4, -0.2) is 56.1 Å². The van der Waals surface area contributed by atoms with Crippen LogP contribution in [0.5, 0.6) is 0 Å². The van der Waals surface area contributed by atoms with Gasteiger partial charge in [0.1, 0.15) is 0 Å². The topological polar surface area (TPSA) is 121 Å². The number of hydrogen-bond acceptors (Lipinski definition) is 7. The normalized spacial score (nSPS) is 14.1. The van der Waals surface area contributed by atoms with Crippen molar-refractivity contribution in [2.75, 3.05) is 36.1 Å². The first-order valence-electron chi connectivity index (χ1n) is 13.0. The van der Waals surface area contributed by atoms with Crippen molar-refractivity contribution in [2.24, 2.45) is 5.92 Å². The lowest BCUT2D eigenvalue weighted by Crippen LogP contribution is -2.37. The second-order valence-corrected chi connectivity index (χ2v) is 13.2. The Balaban J connectivity index is 1.33. The standard InChI is InChI=1S/C28H31BrClN5O4S/c1-40(38,39)24-15-25(34-28(37)21-5-2-6-23(30)14-21)27(33-18-24)35-10-7-19(8-11-35)13-26(36)32-9-3-4-20-12-22(29)17-31-16-20/h2,5-6,12,14-19H,3-4,7-11,13H2,1H3,(H,32,36)(H,34,37). The van der Waals surface area contributed by atoms with Crippen LogP contribution in [0.1, 0.15) is 41.6 Å². The third-order valence-corrected chi connectivity index (χ3v) is 8.47. The van der Waals surface area contributed by atoms with E-state index < -0.39 is 15.7 Å². The van der Waals surface area contributed by atoms with Crippen molar-refractivity contribution in [3.8, 4) is 0 Å². The summed E-state index contributed by atoms with van der Waals surface area (Å²) >= 11 is 9.45. The molecule has 12 heteroatoms. The number of aryl methyl sites for hydroxylation is 1. The smallest absolute Gasteiger partial charge is 0.255 e. The van der Waals surface area contributed by atoms with Crippen molar-refractivity contribution in [1.82, 2.24) is 15.3 Å². The van der Waals surface area contributed by atoms with Crippen LogP contribution in [0.25, 0.3) is 0 Å². The summed E-state index contributed by atoms with van der Waals surface area (Å²) in [4.78, 5) is 36.1. The van der Waals surface area contributed by atoms with Gasteiger partial charge in [0.2, 0.25) is 5.91 Å². The highest BCUT2D eigenvalue weighted by molar-refractivity contribution is 9.10. The van der Waals surface area contributed by atoms with Crippen molar-refractivity contribution in [3.63, 3.8) is 0 Å². The number of carbonyl (C=O) groups is 2. The zero-order chi connectivity index (χ0) is 28.7. The Bertz CT molecular complexity index is 1480. The van der Waals surface area contributed by atoms with E-state index >= 15 is 0 Å². The molecule has 0 spiro atoms. The second-order valence-electron chi connectivity index (χ2n) is 9.88. The molecule has 0 saturated carbocycles. The summed E-state index contributed by atoms with van der Waals surface area (Å²) in [6.45, 7) is 1.86. The Kier molecular flexibility index (Phi) is 10.2. The van der Waals surface area contributed by atoms with Gasteiger partial charge in [-0.25, -0.2) is 13.4 Å². The summed E-state index contributed by atoms with van der Waals surface area (Å²) in [5.41, 5.74) is 1.78. The van der Waals surface area contributed by atoms with Gasteiger partial charge in [-0.1, -0.05) is 17.7 Å². The van der Waals surface area contributed by atoms with Gasteiger partial charge < -0.3 is 15.5 Å². The highest BCUT2D eigenvalue weighted by Crippen LogP contribution is 2.31. The lowest BCUT2D eigenvalue weighted by molar-refractivity contribution is -0.122. The molecule has 0 unspecified atom stereocenters. The van der Waals surface area contributed by atoms with Gasteiger partial charge >= 0.3 is 0 Å². The molecule has 2 amide bonds. The zero-order valence-electron chi connectivity index (χ0n) is 22.1. The van der Waals surface area contributed by atoms with Gasteiger partial charge in [-0.2, -0.15) is 0 Å². The van der Waals surface area contributed by atoms with E-state index in [4.69, 9.17) is 11.6 Å². The Morgan fingerprint density at radius 3 is 2.60 bits per heavy atom. The highest BCUT2D eigenvalue weighted by Gasteiger charge is 2.25. The van der Waals surface area contributed by atoms with Crippen LogP contribution in [0.4, 0.5) is 11.5 Å². The fraction of sp³-hybridized carbons (Fsp3) is 0.357. The van der Waals surface area contributed by atoms with Crippen molar-refractivity contribution >= 4 is 60.7 Å². The summed E-state index contributed by atoms with van der Waals surface area (Å²) in [6.07, 6.45) is 9.65. The molecule has 0 atom stereocenters. The number of anilines is 2. The number of amides is 2. The number of aromatic nitrogens is 2. The molecular weight excluding hydrogens is 618 g/mol. The first kappa shape index (κ1) is 30.0. The Labute approximate surface area is 247 Å². The maximum atomic E-state index is 12.9. The van der Waals surface area contributed by atoms with E-state index in [1.165, 1.54) is 12.3 Å². The van der Waals surface area contributed by atoms with Crippen LogP contribution in [0, 0.1) is 5.92 Å². The van der Waals surface area contributed by atoms with Gasteiger partial charge in [0.05, 0.1) is 10.6 Å². The van der Waals surface area contributed by atoms with Gasteiger partial charge in [0.15, 0.2) is 15.7 Å². The number of hydrogen-bond donors (Lipinski definition) is 2. The fourth-order valence-electron chi connectivity index (χ4n) is 4.61. The number of benzene rings is 1. The predicted octanol–water partition coefficient (Wildman–Crippen LogP) is 4.90. The Morgan fingerprint density at radius 2 is 1.90 bits per heavy atom. The molecule has 1 saturated heterocycles. The molecule has 0 bridgehead atoms. The van der Waals surface area contributed by atoms with E-state index in [1.54, 1.807) is 30.5 Å². The average molecular weight is 649 g/mol. The number of carbonyl (C=O) groups excluding carboxylic acids is 2. The molecule has 3 heterocycles. The van der Waals surface area contributed by atoms with Crippen molar-refractivity contribution in [3.05, 3.63) is 75.6 Å². The molecule has 2 aromatic heterocycles. The van der Waals surface area contributed by atoms with Gasteiger partial charge in [-0.05, 0) is 83.4 Å². The van der Waals surface area contributed by atoms with Crippen molar-refractivity contribution in [2.45, 2.75) is 37.0 Å².